The van der Waals surface area contributed by atoms with Gasteiger partial charge in [-0.2, -0.15) is 0 Å². The van der Waals surface area contributed by atoms with Crippen molar-refractivity contribution >= 4 is 22.0 Å². The first kappa shape index (κ1) is 20.3. The van der Waals surface area contributed by atoms with E-state index in [9.17, 15) is 18.0 Å². The van der Waals surface area contributed by atoms with Crippen LogP contribution in [0.3, 0.4) is 0 Å². The van der Waals surface area contributed by atoms with E-state index >= 15 is 0 Å². The van der Waals surface area contributed by atoms with Crippen molar-refractivity contribution in [1.29, 1.82) is 0 Å². The van der Waals surface area contributed by atoms with Crippen molar-refractivity contribution < 1.29 is 13.2 Å². The summed E-state index contributed by atoms with van der Waals surface area (Å²) in [6.45, 7) is 0. The Morgan fingerprint density at radius 1 is 0.828 bits per heavy atom. The van der Waals surface area contributed by atoms with Gasteiger partial charge in [0.15, 0.2) is 9.84 Å². The molecule has 0 aliphatic rings. The maximum atomic E-state index is 12.4. The SMILES string of the molecule is COc1ccc(C=c2[nH]c(=O)c(=Cc3ccc(CS(C)(=O)=O)cc3)[nH]c2=O)cc1. The molecule has 0 aliphatic heterocycles. The van der Waals surface area contributed by atoms with Crippen molar-refractivity contribution in [2.24, 2.45) is 0 Å². The molecule has 0 fully saturated rings. The van der Waals surface area contributed by atoms with Gasteiger partial charge in [-0.3, -0.25) is 9.59 Å². The molecule has 2 aromatic carbocycles. The molecule has 0 spiro atoms. The smallest absolute Gasteiger partial charge is 0.272 e. The second kappa shape index (κ2) is 8.32. The van der Waals surface area contributed by atoms with Crippen molar-refractivity contribution in [3.05, 3.63) is 96.6 Å². The van der Waals surface area contributed by atoms with Gasteiger partial charge in [0.1, 0.15) is 16.4 Å². The molecule has 29 heavy (non-hydrogen) atoms. The molecule has 3 aromatic rings. The fourth-order valence-electron chi connectivity index (χ4n) is 2.74. The number of aromatic nitrogens is 2. The van der Waals surface area contributed by atoms with Crippen LogP contribution in [0.1, 0.15) is 16.7 Å². The van der Waals surface area contributed by atoms with Crippen LogP contribution in [0.2, 0.25) is 0 Å². The Morgan fingerprint density at radius 3 is 1.69 bits per heavy atom. The Hall–Kier alpha value is -3.39. The van der Waals surface area contributed by atoms with E-state index in [2.05, 4.69) is 9.97 Å². The Kier molecular flexibility index (Phi) is 5.84. The second-order valence-corrected chi connectivity index (χ2v) is 8.75. The van der Waals surface area contributed by atoms with Crippen molar-refractivity contribution in [3.8, 4) is 5.75 Å². The third kappa shape index (κ3) is 5.55. The standard InChI is InChI=1S/C21H20N2O5S/c1-28-17-9-7-15(8-10-17)12-19-21(25)22-18(20(24)23-19)11-14-3-5-16(6-4-14)13-29(2,26)27/h3-12H,13H2,1-2H3,(H,22,25)(H,23,24). The van der Waals surface area contributed by atoms with Crippen LogP contribution in [-0.4, -0.2) is 31.8 Å². The average Bonchev–Trinajstić information content (AvgIpc) is 2.66. The molecule has 7 nitrogen and oxygen atoms in total. The van der Waals surface area contributed by atoms with Gasteiger partial charge in [0, 0.05) is 6.26 Å². The monoisotopic (exact) mass is 412 g/mol. The van der Waals surface area contributed by atoms with E-state index in [1.807, 2.05) is 0 Å². The summed E-state index contributed by atoms with van der Waals surface area (Å²) in [5.41, 5.74) is 1.18. The second-order valence-electron chi connectivity index (χ2n) is 6.61. The lowest BCUT2D eigenvalue weighted by Crippen LogP contribution is -2.46. The van der Waals surface area contributed by atoms with Gasteiger partial charge in [-0.25, -0.2) is 8.42 Å². The Balaban J connectivity index is 1.95. The summed E-state index contributed by atoms with van der Waals surface area (Å²) < 4.78 is 27.8. The van der Waals surface area contributed by atoms with Crippen molar-refractivity contribution in [2.45, 2.75) is 5.75 Å². The molecule has 2 N–H and O–H groups in total. The number of aromatic amines is 2. The summed E-state index contributed by atoms with van der Waals surface area (Å²) in [5.74, 6) is 0.637. The maximum Gasteiger partial charge on any atom is 0.272 e. The Bertz CT molecular complexity index is 1350. The molecule has 0 saturated carbocycles. The topological polar surface area (TPSA) is 109 Å². The fraction of sp³-hybridized carbons (Fsp3) is 0.143. The molecule has 8 heteroatoms. The van der Waals surface area contributed by atoms with Crippen LogP contribution in [0, 0.1) is 0 Å². The summed E-state index contributed by atoms with van der Waals surface area (Å²) in [7, 11) is -1.55. The number of nitrogens with one attached hydrogen (secondary N) is 2. The molecule has 0 amide bonds. The molecule has 0 bridgehead atoms. The van der Waals surface area contributed by atoms with Gasteiger partial charge in [-0.05, 0) is 41.0 Å². The van der Waals surface area contributed by atoms with Crippen LogP contribution in [0.5, 0.6) is 5.75 Å². The van der Waals surface area contributed by atoms with Gasteiger partial charge < -0.3 is 14.7 Å². The van der Waals surface area contributed by atoms with E-state index in [1.165, 1.54) is 12.3 Å². The normalized spacial score (nSPS) is 12.9. The van der Waals surface area contributed by atoms with Crippen molar-refractivity contribution in [3.63, 3.8) is 0 Å². The van der Waals surface area contributed by atoms with Crippen molar-refractivity contribution in [2.75, 3.05) is 13.4 Å². The largest absolute Gasteiger partial charge is 0.497 e. The van der Waals surface area contributed by atoms with Crippen LogP contribution in [0.25, 0.3) is 12.2 Å². The maximum absolute atomic E-state index is 12.4. The molecule has 0 saturated heterocycles. The summed E-state index contributed by atoms with van der Waals surface area (Å²) in [6.07, 6.45) is 4.27. The Morgan fingerprint density at radius 2 is 1.28 bits per heavy atom. The van der Waals surface area contributed by atoms with Gasteiger partial charge in [0.05, 0.1) is 12.9 Å². The predicted molar refractivity (Wildman–Crippen MR) is 112 cm³/mol. The minimum atomic E-state index is -3.12. The number of methoxy groups -OCH3 is 1. The summed E-state index contributed by atoms with van der Waals surface area (Å²) >= 11 is 0. The lowest BCUT2D eigenvalue weighted by molar-refractivity contribution is 0.415. The predicted octanol–water partition coefficient (Wildman–Crippen LogP) is 0.274. The lowest BCUT2D eigenvalue weighted by Gasteiger charge is -2.00. The first-order valence-corrected chi connectivity index (χ1v) is 10.8. The number of hydrogen-bond acceptors (Lipinski definition) is 5. The quantitative estimate of drug-likeness (QED) is 0.625. The van der Waals surface area contributed by atoms with E-state index in [-0.39, 0.29) is 16.5 Å². The molecule has 1 aromatic heterocycles. The summed E-state index contributed by atoms with van der Waals surface area (Å²) in [4.78, 5) is 29.9. The van der Waals surface area contributed by atoms with E-state index in [1.54, 1.807) is 61.7 Å². The molecular weight excluding hydrogens is 392 g/mol. The van der Waals surface area contributed by atoms with Crippen LogP contribution >= 0.6 is 0 Å². The number of hydrogen-bond donors (Lipinski definition) is 2. The zero-order chi connectivity index (χ0) is 21.0. The summed E-state index contributed by atoms with van der Waals surface area (Å²) in [6, 6.07) is 13.8. The van der Waals surface area contributed by atoms with Crippen LogP contribution in [-0.2, 0) is 15.6 Å². The molecule has 0 atom stereocenters. The highest BCUT2D eigenvalue weighted by Gasteiger charge is 2.04. The lowest BCUT2D eigenvalue weighted by atomic mass is 10.1. The average molecular weight is 412 g/mol. The molecular formula is C21H20N2O5S. The first-order valence-electron chi connectivity index (χ1n) is 8.70. The van der Waals surface area contributed by atoms with Crippen LogP contribution in [0.15, 0.2) is 58.1 Å². The molecule has 1 heterocycles. The number of benzene rings is 2. The van der Waals surface area contributed by atoms with E-state index in [4.69, 9.17) is 4.74 Å². The zero-order valence-electron chi connectivity index (χ0n) is 15.9. The number of rotatable bonds is 5. The van der Waals surface area contributed by atoms with Gasteiger partial charge in [0.25, 0.3) is 11.1 Å². The molecule has 3 rings (SSSR count). The minimum Gasteiger partial charge on any atom is -0.497 e. The highest BCUT2D eigenvalue weighted by atomic mass is 32.2. The number of sulfone groups is 1. The number of ether oxygens (including phenoxy) is 1. The minimum absolute atomic E-state index is 0.0550. The fourth-order valence-corrected chi connectivity index (χ4v) is 3.54. The molecule has 0 radical (unpaired) electrons. The zero-order valence-corrected chi connectivity index (χ0v) is 16.7. The van der Waals surface area contributed by atoms with Crippen LogP contribution in [0.4, 0.5) is 0 Å². The van der Waals surface area contributed by atoms with Gasteiger partial charge in [0.2, 0.25) is 0 Å². The highest BCUT2D eigenvalue weighted by Crippen LogP contribution is 2.11. The number of H-pyrrole nitrogens is 2. The summed E-state index contributed by atoms with van der Waals surface area (Å²) in [5, 5.41) is 0.249. The van der Waals surface area contributed by atoms with Gasteiger partial charge >= 0.3 is 0 Å². The molecule has 150 valence electrons. The van der Waals surface area contributed by atoms with Crippen LogP contribution < -0.4 is 26.6 Å². The van der Waals surface area contributed by atoms with Gasteiger partial charge in [-0.15, -0.1) is 0 Å². The third-order valence-corrected chi connectivity index (χ3v) is 4.99. The van der Waals surface area contributed by atoms with E-state index < -0.39 is 21.0 Å². The van der Waals surface area contributed by atoms with Crippen molar-refractivity contribution in [1.82, 2.24) is 9.97 Å². The molecule has 0 aliphatic carbocycles. The highest BCUT2D eigenvalue weighted by molar-refractivity contribution is 7.89. The van der Waals surface area contributed by atoms with Gasteiger partial charge in [-0.1, -0.05) is 36.4 Å². The van der Waals surface area contributed by atoms with E-state index in [0.29, 0.717) is 16.9 Å². The Labute approximate surface area is 166 Å². The third-order valence-electron chi connectivity index (χ3n) is 4.13. The molecule has 0 unspecified atom stereocenters. The van der Waals surface area contributed by atoms with E-state index in [0.717, 1.165) is 5.56 Å². The first-order chi connectivity index (χ1) is 13.7.